The quantitative estimate of drug-likeness (QED) is 0.0976. The summed E-state index contributed by atoms with van der Waals surface area (Å²) in [4.78, 5) is 60.3. The van der Waals surface area contributed by atoms with Crippen LogP contribution in [-0.2, 0) is 24.0 Å². The van der Waals surface area contributed by atoms with Gasteiger partial charge in [-0.1, -0.05) is 57.4 Å². The molecule has 0 unspecified atom stereocenters. The number of carbonyl (C=O) groups is 5. The molecule has 1 rings (SSSR count). The molecule has 0 radical (unpaired) electrons. The summed E-state index contributed by atoms with van der Waals surface area (Å²) in [7, 11) is 0. The molecule has 3 amide bonds. The van der Waals surface area contributed by atoms with Gasteiger partial charge >= 0.3 is 0 Å². The highest BCUT2D eigenvalue weighted by molar-refractivity contribution is 5.91. The van der Waals surface area contributed by atoms with Crippen molar-refractivity contribution in [2.45, 2.75) is 89.9 Å². The van der Waals surface area contributed by atoms with Crippen LogP contribution in [0.25, 0.3) is 0 Å². The Balaban J connectivity index is 2.55. The van der Waals surface area contributed by atoms with Crippen molar-refractivity contribution in [3.63, 3.8) is 0 Å². The Hall–Kier alpha value is -3.11. The number of amides is 3. The van der Waals surface area contributed by atoms with Crippen LogP contribution in [0.3, 0.4) is 0 Å². The fraction of sp³-hybridized carbons (Fsp3) is 0.607. The van der Waals surface area contributed by atoms with Crippen molar-refractivity contribution in [3.05, 3.63) is 36.5 Å². The molecule has 1 heterocycles. The molecule has 0 aliphatic carbocycles. The summed E-state index contributed by atoms with van der Waals surface area (Å²) in [6, 6.07) is -2.63. The van der Waals surface area contributed by atoms with Gasteiger partial charge in [0.2, 0.25) is 17.7 Å². The van der Waals surface area contributed by atoms with Gasteiger partial charge in [-0.05, 0) is 25.7 Å². The number of ketones is 1. The molecular formula is C28H44N4O6. The molecule has 5 N–H and O–H groups in total. The first kappa shape index (κ1) is 32.9. The van der Waals surface area contributed by atoms with Gasteiger partial charge in [-0.15, -0.1) is 0 Å². The SMILES string of the molecule is CC(C)CCCCC/C=C/C=C/C(=O)N[C@H](C=O)[C@H](O)CN[C@H]1CC(=O)CCNC(=O)/C=C/[C@H](C)NC1=O. The Morgan fingerprint density at radius 2 is 1.95 bits per heavy atom. The van der Waals surface area contributed by atoms with Crippen LogP contribution in [-0.4, -0.2) is 72.2 Å². The average Bonchev–Trinajstić information content (AvgIpc) is 2.86. The molecule has 10 heteroatoms. The highest BCUT2D eigenvalue weighted by atomic mass is 16.3. The molecule has 212 valence electrons. The average molecular weight is 533 g/mol. The molecule has 10 nitrogen and oxygen atoms in total. The number of aliphatic hydroxyl groups is 1. The molecular weight excluding hydrogens is 488 g/mol. The second-order valence-electron chi connectivity index (χ2n) is 9.96. The van der Waals surface area contributed by atoms with Crippen LogP contribution in [0.1, 0.15) is 65.7 Å². The molecule has 1 aliphatic rings. The van der Waals surface area contributed by atoms with Crippen LogP contribution < -0.4 is 21.3 Å². The zero-order valence-corrected chi connectivity index (χ0v) is 22.8. The van der Waals surface area contributed by atoms with Crippen LogP contribution >= 0.6 is 0 Å². The Morgan fingerprint density at radius 1 is 1.18 bits per heavy atom. The van der Waals surface area contributed by atoms with E-state index < -0.39 is 36.0 Å². The van der Waals surface area contributed by atoms with Crippen molar-refractivity contribution in [3.8, 4) is 0 Å². The summed E-state index contributed by atoms with van der Waals surface area (Å²) in [5.74, 6) is -0.899. The predicted molar refractivity (Wildman–Crippen MR) is 146 cm³/mol. The van der Waals surface area contributed by atoms with E-state index in [1.165, 1.54) is 37.5 Å². The summed E-state index contributed by atoms with van der Waals surface area (Å²) in [5.41, 5.74) is 0. The van der Waals surface area contributed by atoms with E-state index in [1.54, 1.807) is 19.1 Å². The fourth-order valence-electron chi connectivity index (χ4n) is 3.71. The number of rotatable bonds is 14. The van der Waals surface area contributed by atoms with E-state index in [0.717, 1.165) is 18.8 Å². The molecule has 38 heavy (non-hydrogen) atoms. The summed E-state index contributed by atoms with van der Waals surface area (Å²) < 4.78 is 0. The summed E-state index contributed by atoms with van der Waals surface area (Å²) >= 11 is 0. The molecule has 0 saturated heterocycles. The first-order chi connectivity index (χ1) is 18.1. The third-order valence-corrected chi connectivity index (χ3v) is 5.95. The van der Waals surface area contributed by atoms with E-state index in [0.29, 0.717) is 6.29 Å². The van der Waals surface area contributed by atoms with E-state index >= 15 is 0 Å². The predicted octanol–water partition coefficient (Wildman–Crippen LogP) is 1.25. The standard InChI is InChI=1S/C28H44N4O6/c1-20(2)11-9-7-5-4-6-8-10-12-27(37)32-24(19-33)25(35)18-30-23-17-22(34)15-16-29-26(36)14-13-21(3)31-28(23)38/h6,8,10,12-14,19-21,23-25,30,35H,4-5,7,9,11,15-18H2,1-3H3,(H,29,36)(H,31,38)(H,32,37)/b8-6+,12-10+,14-13+/t21-,23-,24+,25+/m0/s1. The number of nitrogens with one attached hydrogen (secondary N) is 4. The second kappa shape index (κ2) is 19.0. The van der Waals surface area contributed by atoms with Gasteiger partial charge in [0, 0.05) is 44.1 Å². The molecule has 0 aromatic heterocycles. The maximum Gasteiger partial charge on any atom is 0.244 e. The lowest BCUT2D eigenvalue weighted by atomic mass is 10.0. The highest BCUT2D eigenvalue weighted by Crippen LogP contribution is 2.09. The maximum absolute atomic E-state index is 12.7. The molecule has 0 bridgehead atoms. The maximum atomic E-state index is 12.7. The zero-order chi connectivity index (χ0) is 28.3. The largest absolute Gasteiger partial charge is 0.389 e. The van der Waals surface area contributed by atoms with E-state index in [-0.39, 0.29) is 37.6 Å². The Bertz CT molecular complexity index is 867. The topological polar surface area (TPSA) is 154 Å². The van der Waals surface area contributed by atoms with Crippen LogP contribution in [0.5, 0.6) is 0 Å². The van der Waals surface area contributed by atoms with E-state index in [1.807, 2.05) is 6.08 Å². The lowest BCUT2D eigenvalue weighted by Crippen LogP contribution is -2.53. The Labute approximate surface area is 225 Å². The minimum atomic E-state index is -1.33. The van der Waals surface area contributed by atoms with Gasteiger partial charge in [0.1, 0.15) is 18.1 Å². The highest BCUT2D eigenvalue weighted by Gasteiger charge is 2.26. The van der Waals surface area contributed by atoms with Crippen LogP contribution in [0.4, 0.5) is 0 Å². The molecule has 0 aromatic rings. The number of Topliss-reactive ketones (excluding diaryl/α,β-unsaturated/α-hetero) is 1. The Kier molecular flexibility index (Phi) is 16.5. The normalized spacial score (nSPS) is 21.9. The minimum Gasteiger partial charge on any atom is -0.389 e. The zero-order valence-electron chi connectivity index (χ0n) is 22.8. The van der Waals surface area contributed by atoms with Crippen molar-refractivity contribution in [2.24, 2.45) is 5.92 Å². The number of unbranched alkanes of at least 4 members (excludes halogenated alkanes) is 3. The van der Waals surface area contributed by atoms with E-state index in [9.17, 15) is 29.1 Å². The van der Waals surface area contributed by atoms with Gasteiger partial charge in [-0.25, -0.2) is 0 Å². The number of aldehydes is 1. The van der Waals surface area contributed by atoms with E-state index in [2.05, 4.69) is 35.1 Å². The number of hydrogen-bond donors (Lipinski definition) is 5. The van der Waals surface area contributed by atoms with Crippen molar-refractivity contribution in [1.29, 1.82) is 0 Å². The third-order valence-electron chi connectivity index (χ3n) is 5.95. The van der Waals surface area contributed by atoms with Crippen molar-refractivity contribution < 1.29 is 29.1 Å². The fourth-order valence-corrected chi connectivity index (χ4v) is 3.71. The smallest absolute Gasteiger partial charge is 0.244 e. The lowest BCUT2D eigenvalue weighted by molar-refractivity contribution is -0.128. The molecule has 0 fully saturated rings. The van der Waals surface area contributed by atoms with Crippen LogP contribution in [0.15, 0.2) is 36.5 Å². The monoisotopic (exact) mass is 532 g/mol. The van der Waals surface area contributed by atoms with Gasteiger partial charge in [0.05, 0.1) is 12.1 Å². The van der Waals surface area contributed by atoms with Gasteiger partial charge in [0.15, 0.2) is 0 Å². The van der Waals surface area contributed by atoms with Crippen molar-refractivity contribution in [2.75, 3.05) is 13.1 Å². The van der Waals surface area contributed by atoms with Crippen molar-refractivity contribution in [1.82, 2.24) is 21.3 Å². The number of allylic oxidation sites excluding steroid dienone is 3. The van der Waals surface area contributed by atoms with Crippen LogP contribution in [0.2, 0.25) is 0 Å². The first-order valence-corrected chi connectivity index (χ1v) is 13.4. The minimum absolute atomic E-state index is 0.0507. The van der Waals surface area contributed by atoms with E-state index in [4.69, 9.17) is 0 Å². The molecule has 1 aliphatic heterocycles. The van der Waals surface area contributed by atoms with Gasteiger partial charge in [-0.3, -0.25) is 19.2 Å². The van der Waals surface area contributed by atoms with Crippen LogP contribution in [0, 0.1) is 5.92 Å². The van der Waals surface area contributed by atoms with Gasteiger partial charge in [0.25, 0.3) is 0 Å². The first-order valence-electron chi connectivity index (χ1n) is 13.4. The van der Waals surface area contributed by atoms with Gasteiger partial charge < -0.3 is 31.2 Å². The number of hydrogen-bond acceptors (Lipinski definition) is 7. The lowest BCUT2D eigenvalue weighted by Gasteiger charge is -2.24. The summed E-state index contributed by atoms with van der Waals surface area (Å²) in [5, 5.41) is 21.0. The Morgan fingerprint density at radius 3 is 2.66 bits per heavy atom. The number of aliphatic hydroxyl groups excluding tert-OH is 1. The molecule has 4 atom stereocenters. The second-order valence-corrected chi connectivity index (χ2v) is 9.96. The molecule has 0 saturated carbocycles. The number of carbonyl (C=O) groups excluding carboxylic acids is 5. The van der Waals surface area contributed by atoms with Gasteiger partial charge in [-0.2, -0.15) is 0 Å². The molecule has 0 aromatic carbocycles. The summed E-state index contributed by atoms with van der Waals surface area (Å²) in [6.07, 6.45) is 14.0. The molecule has 0 spiro atoms. The summed E-state index contributed by atoms with van der Waals surface area (Å²) in [6.45, 7) is 6.04. The third kappa shape index (κ3) is 15.2. The van der Waals surface area contributed by atoms with Crippen molar-refractivity contribution >= 4 is 29.8 Å².